The molecule has 1 unspecified atom stereocenters. The predicted octanol–water partition coefficient (Wildman–Crippen LogP) is 2.03. The molecule has 2 aliphatic heterocycles. The number of aromatic nitrogens is 2. The molecule has 3 rings (SSSR count). The third-order valence-electron chi connectivity index (χ3n) is 4.67. The maximum absolute atomic E-state index is 11.3. The van der Waals surface area contributed by atoms with Gasteiger partial charge in [-0.15, -0.1) is 0 Å². The van der Waals surface area contributed by atoms with Crippen molar-refractivity contribution in [2.45, 2.75) is 38.7 Å². The van der Waals surface area contributed by atoms with E-state index >= 15 is 0 Å². The van der Waals surface area contributed by atoms with Crippen LogP contribution >= 0.6 is 0 Å². The Bertz CT molecular complexity index is 529. The van der Waals surface area contributed by atoms with Crippen molar-refractivity contribution in [2.24, 2.45) is 13.0 Å². The van der Waals surface area contributed by atoms with Crippen LogP contribution in [0.4, 0.5) is 11.5 Å². The molecule has 7 heteroatoms. The van der Waals surface area contributed by atoms with E-state index < -0.39 is 0 Å². The number of nitro groups is 1. The lowest BCUT2D eigenvalue weighted by Gasteiger charge is -2.35. The van der Waals surface area contributed by atoms with Crippen LogP contribution in [0.2, 0.25) is 0 Å². The molecule has 0 saturated carbocycles. The van der Waals surface area contributed by atoms with Gasteiger partial charge in [0.25, 0.3) is 0 Å². The van der Waals surface area contributed by atoms with Crippen molar-refractivity contribution in [2.75, 3.05) is 24.6 Å². The van der Waals surface area contributed by atoms with Crippen LogP contribution < -0.4 is 4.90 Å². The van der Waals surface area contributed by atoms with E-state index in [1.807, 2.05) is 0 Å². The summed E-state index contributed by atoms with van der Waals surface area (Å²) in [5.74, 6) is 1.24. The van der Waals surface area contributed by atoms with E-state index in [9.17, 15) is 10.1 Å². The molecule has 21 heavy (non-hydrogen) atoms. The van der Waals surface area contributed by atoms with Crippen molar-refractivity contribution in [3.8, 4) is 0 Å². The molecule has 0 spiro atoms. The maximum atomic E-state index is 11.3. The molecule has 0 N–H and O–H groups in total. The first-order valence-corrected chi connectivity index (χ1v) is 7.62. The number of hydrogen-bond donors (Lipinski definition) is 0. The predicted molar refractivity (Wildman–Crippen MR) is 78.5 cm³/mol. The zero-order valence-corrected chi connectivity index (χ0v) is 12.6. The summed E-state index contributed by atoms with van der Waals surface area (Å²) in [6, 6.07) is 0. The molecule has 1 aromatic heterocycles. The minimum Gasteiger partial charge on any atom is -0.378 e. The van der Waals surface area contributed by atoms with Gasteiger partial charge >= 0.3 is 5.69 Å². The summed E-state index contributed by atoms with van der Waals surface area (Å²) in [4.78, 5) is 13.1. The Morgan fingerprint density at radius 2 is 2.05 bits per heavy atom. The summed E-state index contributed by atoms with van der Waals surface area (Å²) in [7, 11) is 1.78. The van der Waals surface area contributed by atoms with E-state index in [2.05, 4.69) is 10.00 Å². The lowest BCUT2D eigenvalue weighted by molar-refractivity contribution is -0.384. The Kier molecular flexibility index (Phi) is 3.84. The highest BCUT2D eigenvalue weighted by Gasteiger charge is 2.34. The SMILES string of the molecule is Cc1nn(C)c(N2CCC(C3CCCO3)CC2)c1[N+](=O)[O-]. The fraction of sp³-hybridized carbons (Fsp3) is 0.786. The average Bonchev–Trinajstić information content (AvgIpc) is 3.06. The van der Waals surface area contributed by atoms with Crippen molar-refractivity contribution in [1.82, 2.24) is 9.78 Å². The van der Waals surface area contributed by atoms with Gasteiger partial charge < -0.3 is 9.64 Å². The number of rotatable bonds is 3. The fourth-order valence-electron chi connectivity index (χ4n) is 3.66. The van der Waals surface area contributed by atoms with E-state index in [4.69, 9.17) is 4.74 Å². The molecule has 2 fully saturated rings. The normalized spacial score (nSPS) is 23.7. The standard InChI is InChI=1S/C14H22N4O3/c1-10-13(18(19)20)14(16(2)15-10)17-7-5-11(6-8-17)12-4-3-9-21-12/h11-12H,3-9H2,1-2H3. The molecular weight excluding hydrogens is 272 g/mol. The van der Waals surface area contributed by atoms with E-state index in [0.29, 0.717) is 23.5 Å². The molecule has 2 saturated heterocycles. The Balaban J connectivity index is 1.73. The molecule has 7 nitrogen and oxygen atoms in total. The van der Waals surface area contributed by atoms with Crippen LogP contribution in [0.5, 0.6) is 0 Å². The fourth-order valence-corrected chi connectivity index (χ4v) is 3.66. The van der Waals surface area contributed by atoms with Gasteiger partial charge in [0.15, 0.2) is 0 Å². The molecule has 1 aromatic rings. The Morgan fingerprint density at radius 1 is 1.33 bits per heavy atom. The molecule has 0 bridgehead atoms. The highest BCUT2D eigenvalue weighted by atomic mass is 16.6. The van der Waals surface area contributed by atoms with Gasteiger partial charge in [0.2, 0.25) is 5.82 Å². The third-order valence-corrected chi connectivity index (χ3v) is 4.67. The van der Waals surface area contributed by atoms with Crippen LogP contribution in [0, 0.1) is 23.0 Å². The zero-order valence-electron chi connectivity index (χ0n) is 12.6. The lowest BCUT2D eigenvalue weighted by atomic mass is 9.90. The Labute approximate surface area is 124 Å². The van der Waals surface area contributed by atoms with Crippen LogP contribution in [0.25, 0.3) is 0 Å². The van der Waals surface area contributed by atoms with Gasteiger partial charge in [0.05, 0.1) is 11.0 Å². The molecule has 0 amide bonds. The van der Waals surface area contributed by atoms with E-state index in [1.165, 1.54) is 0 Å². The van der Waals surface area contributed by atoms with Gasteiger partial charge in [0.1, 0.15) is 5.69 Å². The van der Waals surface area contributed by atoms with Crippen LogP contribution in [-0.2, 0) is 11.8 Å². The smallest absolute Gasteiger partial charge is 0.333 e. The van der Waals surface area contributed by atoms with Gasteiger partial charge in [-0.1, -0.05) is 0 Å². The second-order valence-electron chi connectivity index (χ2n) is 6.01. The molecule has 3 heterocycles. The molecular formula is C14H22N4O3. The second kappa shape index (κ2) is 5.63. The second-order valence-corrected chi connectivity index (χ2v) is 6.01. The number of anilines is 1. The van der Waals surface area contributed by atoms with Crippen LogP contribution in [-0.4, -0.2) is 40.5 Å². The number of hydrogen-bond acceptors (Lipinski definition) is 5. The number of ether oxygens (including phenoxy) is 1. The number of nitrogens with zero attached hydrogens (tertiary/aromatic N) is 4. The topological polar surface area (TPSA) is 73.4 Å². The first-order chi connectivity index (χ1) is 10.1. The van der Waals surface area contributed by atoms with Gasteiger partial charge in [-0.2, -0.15) is 5.10 Å². The molecule has 0 aliphatic carbocycles. The summed E-state index contributed by atoms with van der Waals surface area (Å²) in [6.07, 6.45) is 4.79. The Hall–Kier alpha value is -1.63. The largest absolute Gasteiger partial charge is 0.378 e. The van der Waals surface area contributed by atoms with Crippen molar-refractivity contribution < 1.29 is 9.66 Å². The summed E-state index contributed by atoms with van der Waals surface area (Å²) < 4.78 is 7.42. The van der Waals surface area contributed by atoms with Gasteiger partial charge in [-0.25, -0.2) is 4.68 Å². The minimum atomic E-state index is -0.316. The monoisotopic (exact) mass is 294 g/mol. The van der Waals surface area contributed by atoms with E-state index in [0.717, 1.165) is 45.4 Å². The third kappa shape index (κ3) is 2.62. The molecule has 1 atom stereocenters. The van der Waals surface area contributed by atoms with Crippen molar-refractivity contribution in [1.29, 1.82) is 0 Å². The van der Waals surface area contributed by atoms with Crippen LogP contribution in [0.1, 0.15) is 31.4 Å². The molecule has 2 aliphatic rings. The molecule has 0 radical (unpaired) electrons. The summed E-state index contributed by atoms with van der Waals surface area (Å²) >= 11 is 0. The van der Waals surface area contributed by atoms with Crippen molar-refractivity contribution in [3.63, 3.8) is 0 Å². The summed E-state index contributed by atoms with van der Waals surface area (Å²) in [5.41, 5.74) is 0.631. The van der Waals surface area contributed by atoms with Gasteiger partial charge in [0, 0.05) is 26.7 Å². The first kappa shape index (κ1) is 14.3. The quantitative estimate of drug-likeness (QED) is 0.630. The van der Waals surface area contributed by atoms with Gasteiger partial charge in [-0.05, 0) is 38.5 Å². The van der Waals surface area contributed by atoms with Crippen LogP contribution in [0.15, 0.2) is 0 Å². The first-order valence-electron chi connectivity index (χ1n) is 7.62. The molecule has 116 valence electrons. The number of piperidine rings is 1. The van der Waals surface area contributed by atoms with Crippen molar-refractivity contribution in [3.05, 3.63) is 15.8 Å². The highest BCUT2D eigenvalue weighted by molar-refractivity contribution is 5.61. The lowest BCUT2D eigenvalue weighted by Crippen LogP contribution is -2.38. The number of aryl methyl sites for hydroxylation is 2. The van der Waals surface area contributed by atoms with Crippen LogP contribution in [0.3, 0.4) is 0 Å². The zero-order chi connectivity index (χ0) is 15.0. The Morgan fingerprint density at radius 3 is 2.62 bits per heavy atom. The summed E-state index contributed by atoms with van der Waals surface area (Å²) in [5, 5.41) is 15.5. The highest BCUT2D eigenvalue weighted by Crippen LogP contribution is 2.35. The average molecular weight is 294 g/mol. The minimum absolute atomic E-state index is 0.146. The molecule has 0 aromatic carbocycles. The van der Waals surface area contributed by atoms with Crippen molar-refractivity contribution >= 4 is 11.5 Å². The summed E-state index contributed by atoms with van der Waals surface area (Å²) in [6.45, 7) is 4.26. The van der Waals surface area contributed by atoms with E-state index in [-0.39, 0.29) is 10.6 Å². The van der Waals surface area contributed by atoms with Gasteiger partial charge in [-0.3, -0.25) is 10.1 Å². The van der Waals surface area contributed by atoms with E-state index in [1.54, 1.807) is 18.7 Å². The maximum Gasteiger partial charge on any atom is 0.333 e.